The average molecular weight is 323 g/mol. The fourth-order valence-electron chi connectivity index (χ4n) is 2.60. The molecular weight excluding hydrogens is 310 g/mol. The zero-order chi connectivity index (χ0) is 16.5. The summed E-state index contributed by atoms with van der Waals surface area (Å²) >= 11 is 0. The molecule has 0 saturated carbocycles. The Hall–Kier alpha value is -3.35. The second-order valence-electron chi connectivity index (χ2n) is 5.10. The molecule has 24 heavy (non-hydrogen) atoms. The molecule has 0 bridgehead atoms. The van der Waals surface area contributed by atoms with Crippen molar-refractivity contribution in [1.29, 1.82) is 0 Å². The number of furan rings is 1. The van der Waals surface area contributed by atoms with Crippen LogP contribution in [0, 0.1) is 0 Å². The van der Waals surface area contributed by atoms with Crippen LogP contribution < -0.4 is 4.74 Å². The largest absolute Gasteiger partial charge is 0.486 e. The third-order valence-corrected chi connectivity index (χ3v) is 3.69. The van der Waals surface area contributed by atoms with Gasteiger partial charge in [-0.2, -0.15) is 9.61 Å². The van der Waals surface area contributed by atoms with Gasteiger partial charge in [-0.3, -0.25) is 0 Å². The third-order valence-electron chi connectivity index (χ3n) is 3.69. The van der Waals surface area contributed by atoms with Crippen molar-refractivity contribution in [3.63, 3.8) is 0 Å². The van der Waals surface area contributed by atoms with E-state index in [1.165, 1.54) is 24.2 Å². The number of rotatable bonds is 4. The fraction of sp³-hybridized carbons (Fsp3) is 0.118. The van der Waals surface area contributed by atoms with Crippen LogP contribution in [0.4, 0.5) is 0 Å². The van der Waals surface area contributed by atoms with Crippen molar-refractivity contribution in [3.8, 4) is 5.75 Å². The van der Waals surface area contributed by atoms with Crippen molar-refractivity contribution in [2.45, 2.75) is 6.61 Å². The maximum Gasteiger partial charge on any atom is 0.360 e. The predicted octanol–water partition coefficient (Wildman–Crippen LogP) is 2.84. The first-order valence-corrected chi connectivity index (χ1v) is 7.27. The zero-order valence-corrected chi connectivity index (χ0v) is 12.8. The Morgan fingerprint density at radius 3 is 2.88 bits per heavy atom. The van der Waals surface area contributed by atoms with Gasteiger partial charge in [-0.25, -0.2) is 9.78 Å². The molecule has 0 radical (unpaired) electrons. The van der Waals surface area contributed by atoms with E-state index < -0.39 is 5.97 Å². The van der Waals surface area contributed by atoms with Crippen LogP contribution in [0.25, 0.3) is 16.6 Å². The number of esters is 1. The lowest BCUT2D eigenvalue weighted by Gasteiger charge is -2.12. The number of carbonyl (C=O) groups is 1. The molecule has 0 fully saturated rings. The second kappa shape index (κ2) is 5.69. The van der Waals surface area contributed by atoms with Crippen LogP contribution in [-0.2, 0) is 11.3 Å². The molecule has 4 aromatic rings. The van der Waals surface area contributed by atoms with Gasteiger partial charge in [0.1, 0.15) is 12.9 Å². The van der Waals surface area contributed by atoms with Crippen LogP contribution in [0.15, 0.2) is 53.4 Å². The molecule has 0 aliphatic carbocycles. The minimum absolute atomic E-state index is 0.176. The van der Waals surface area contributed by atoms with Gasteiger partial charge < -0.3 is 13.9 Å². The minimum atomic E-state index is -0.559. The smallest absolute Gasteiger partial charge is 0.360 e. The number of hydrogen-bond acceptors (Lipinski definition) is 6. The summed E-state index contributed by atoms with van der Waals surface area (Å²) in [6.07, 6.45) is 2.88. The maximum absolute atomic E-state index is 12.3. The molecule has 0 aliphatic heterocycles. The van der Waals surface area contributed by atoms with Gasteiger partial charge in [0.15, 0.2) is 22.7 Å². The fourth-order valence-corrected chi connectivity index (χ4v) is 2.60. The lowest BCUT2D eigenvalue weighted by molar-refractivity contribution is 0.0585. The van der Waals surface area contributed by atoms with E-state index in [9.17, 15) is 4.79 Å². The van der Waals surface area contributed by atoms with Crippen LogP contribution in [0.1, 0.15) is 16.1 Å². The summed E-state index contributed by atoms with van der Waals surface area (Å²) < 4.78 is 17.7. The van der Waals surface area contributed by atoms with Crippen molar-refractivity contribution in [1.82, 2.24) is 14.6 Å². The summed E-state index contributed by atoms with van der Waals surface area (Å²) in [5.41, 5.74) is 2.09. The van der Waals surface area contributed by atoms with Gasteiger partial charge in [0.25, 0.3) is 0 Å². The van der Waals surface area contributed by atoms with Crippen LogP contribution in [0.5, 0.6) is 5.75 Å². The molecule has 3 heterocycles. The van der Waals surface area contributed by atoms with E-state index in [1.807, 2.05) is 30.3 Å². The van der Waals surface area contributed by atoms with Gasteiger partial charge in [-0.05, 0) is 11.6 Å². The molecule has 1 aromatic carbocycles. The lowest BCUT2D eigenvalue weighted by atomic mass is 10.2. The molecular formula is C17H13N3O4. The first kappa shape index (κ1) is 14.3. The standard InChI is InChI=1S/C17H13N3O4/c1-22-17(21)13-14(24-9-11-5-3-2-4-6-11)12-7-8-23-15(12)16-18-10-19-20(13)16/h2-8,10H,9H2,1H3. The van der Waals surface area contributed by atoms with Gasteiger partial charge in [-0.1, -0.05) is 30.3 Å². The quantitative estimate of drug-likeness (QED) is 0.537. The van der Waals surface area contributed by atoms with Crippen molar-refractivity contribution in [2.75, 3.05) is 7.11 Å². The van der Waals surface area contributed by atoms with E-state index in [4.69, 9.17) is 13.9 Å². The highest BCUT2D eigenvalue weighted by atomic mass is 16.5. The normalized spacial score (nSPS) is 11.0. The molecule has 0 spiro atoms. The molecule has 0 unspecified atom stereocenters. The van der Waals surface area contributed by atoms with Crippen molar-refractivity contribution >= 4 is 22.6 Å². The monoisotopic (exact) mass is 323 g/mol. The number of ether oxygens (including phenoxy) is 2. The Kier molecular flexibility index (Phi) is 3.38. The molecule has 120 valence electrons. The summed E-state index contributed by atoms with van der Waals surface area (Å²) in [5.74, 6) is -0.205. The number of carbonyl (C=O) groups excluding carboxylic acids is 1. The van der Waals surface area contributed by atoms with Gasteiger partial charge in [0, 0.05) is 0 Å². The first-order chi connectivity index (χ1) is 11.8. The van der Waals surface area contributed by atoms with Gasteiger partial charge in [0.05, 0.1) is 18.8 Å². The van der Waals surface area contributed by atoms with Gasteiger partial charge in [0.2, 0.25) is 0 Å². The number of hydrogen-bond donors (Lipinski definition) is 0. The number of nitrogens with zero attached hydrogens (tertiary/aromatic N) is 3. The summed E-state index contributed by atoms with van der Waals surface area (Å²) in [7, 11) is 1.31. The number of fused-ring (bicyclic) bond motifs is 3. The van der Waals surface area contributed by atoms with Crippen LogP contribution in [0.3, 0.4) is 0 Å². The molecule has 7 nitrogen and oxygen atoms in total. The molecule has 0 atom stereocenters. The minimum Gasteiger partial charge on any atom is -0.486 e. The van der Waals surface area contributed by atoms with E-state index in [1.54, 1.807) is 6.07 Å². The number of methoxy groups -OCH3 is 1. The molecule has 0 N–H and O–H groups in total. The van der Waals surface area contributed by atoms with E-state index >= 15 is 0 Å². The molecule has 3 aromatic heterocycles. The SMILES string of the molecule is COC(=O)c1c(OCc2ccccc2)c2ccoc2c2ncnn12. The van der Waals surface area contributed by atoms with E-state index in [-0.39, 0.29) is 5.69 Å². The Balaban J connectivity index is 1.90. The van der Waals surface area contributed by atoms with Gasteiger partial charge >= 0.3 is 5.97 Å². The van der Waals surface area contributed by atoms with Crippen molar-refractivity contribution in [2.24, 2.45) is 0 Å². The second-order valence-corrected chi connectivity index (χ2v) is 5.10. The van der Waals surface area contributed by atoms with E-state index in [0.717, 1.165) is 5.56 Å². The van der Waals surface area contributed by atoms with E-state index in [2.05, 4.69) is 10.1 Å². The van der Waals surface area contributed by atoms with Gasteiger partial charge in [-0.15, -0.1) is 0 Å². The number of pyridine rings is 1. The van der Waals surface area contributed by atoms with Crippen LogP contribution >= 0.6 is 0 Å². The summed E-state index contributed by atoms with van der Waals surface area (Å²) in [5, 5.41) is 4.74. The summed E-state index contributed by atoms with van der Waals surface area (Å²) in [6.45, 7) is 0.297. The first-order valence-electron chi connectivity index (χ1n) is 7.27. The number of aromatic nitrogens is 3. The molecule has 0 aliphatic rings. The third kappa shape index (κ3) is 2.18. The average Bonchev–Trinajstić information content (AvgIpc) is 3.28. The zero-order valence-electron chi connectivity index (χ0n) is 12.8. The highest BCUT2D eigenvalue weighted by Gasteiger charge is 2.25. The highest BCUT2D eigenvalue weighted by Crippen LogP contribution is 2.34. The Morgan fingerprint density at radius 2 is 2.08 bits per heavy atom. The van der Waals surface area contributed by atoms with Crippen molar-refractivity contribution < 1.29 is 18.7 Å². The highest BCUT2D eigenvalue weighted by molar-refractivity contribution is 6.02. The molecule has 4 rings (SSSR count). The number of benzene rings is 1. The predicted molar refractivity (Wildman–Crippen MR) is 84.9 cm³/mol. The summed E-state index contributed by atoms with van der Waals surface area (Å²) in [4.78, 5) is 16.5. The summed E-state index contributed by atoms with van der Waals surface area (Å²) in [6, 6.07) is 11.4. The Morgan fingerprint density at radius 1 is 1.25 bits per heavy atom. The molecule has 7 heteroatoms. The Labute approximate surface area is 136 Å². The topological polar surface area (TPSA) is 78.9 Å². The van der Waals surface area contributed by atoms with E-state index in [0.29, 0.717) is 29.0 Å². The van der Waals surface area contributed by atoms with Crippen LogP contribution in [0.2, 0.25) is 0 Å². The Bertz CT molecular complexity index is 1020. The van der Waals surface area contributed by atoms with Crippen LogP contribution in [-0.4, -0.2) is 27.7 Å². The maximum atomic E-state index is 12.3. The molecule has 0 amide bonds. The molecule has 0 saturated heterocycles. The lowest BCUT2D eigenvalue weighted by Crippen LogP contribution is -2.13. The van der Waals surface area contributed by atoms with Crippen molar-refractivity contribution in [3.05, 3.63) is 60.2 Å².